The van der Waals surface area contributed by atoms with Crippen molar-refractivity contribution in [2.45, 2.75) is 0 Å². The van der Waals surface area contributed by atoms with Gasteiger partial charge in [-0.3, -0.25) is 0 Å². The third-order valence-electron chi connectivity index (χ3n) is 4.33. The van der Waals surface area contributed by atoms with E-state index in [4.69, 9.17) is 71.1 Å². The lowest BCUT2D eigenvalue weighted by atomic mass is 10.2. The molecule has 2 heterocycles. The van der Waals surface area contributed by atoms with Gasteiger partial charge in [0.2, 0.25) is 0 Å². The number of rotatable bonds is 4. The molecule has 0 spiro atoms. The van der Waals surface area contributed by atoms with Crippen molar-refractivity contribution < 1.29 is 18.9 Å². The molecule has 0 aliphatic heterocycles. The first-order valence-electron chi connectivity index (χ1n) is 9.13. The van der Waals surface area contributed by atoms with Gasteiger partial charge in [0.1, 0.15) is 11.0 Å². The lowest BCUT2D eigenvalue weighted by Gasteiger charge is -2.09. The third-order valence-corrected chi connectivity index (χ3v) is 7.29. The van der Waals surface area contributed by atoms with Crippen LogP contribution in [0, 0.1) is 3.57 Å². The number of aromatic nitrogens is 4. The zero-order valence-corrected chi connectivity index (χ0v) is 23.2. The predicted molar refractivity (Wildman–Crippen MR) is 142 cm³/mol. The highest BCUT2D eigenvalue weighted by Gasteiger charge is 2.16. The normalized spacial score (nSPS) is 10.6. The summed E-state index contributed by atoms with van der Waals surface area (Å²) in [5, 5.41) is 1.46. The Bertz CT molecular complexity index is 1290. The summed E-state index contributed by atoms with van der Waals surface area (Å²) in [7, 11) is 5.94. The van der Waals surface area contributed by atoms with Crippen molar-refractivity contribution in [1.29, 1.82) is 0 Å². The molecule has 0 saturated carbocycles. The van der Waals surface area contributed by atoms with Crippen LogP contribution in [0.5, 0.6) is 23.5 Å². The van der Waals surface area contributed by atoms with Crippen molar-refractivity contribution >= 4 is 96.7 Å². The summed E-state index contributed by atoms with van der Waals surface area (Å²) in [5.41, 5.74) is 8.26. The topological polar surface area (TPSA) is 115 Å². The van der Waals surface area contributed by atoms with Crippen LogP contribution in [0.25, 0.3) is 22.1 Å². The number of benzene rings is 2. The molecule has 4 rings (SSSR count). The van der Waals surface area contributed by atoms with E-state index in [1.54, 1.807) is 12.1 Å². The SMILES string of the molecule is COc1nc2cc(Cl)c(Cl)c(I)c2nc1OC.COc1nc2cc(Cl)c(Cl)c(N)c2nc1OC. The Balaban J connectivity index is 0.000000191. The lowest BCUT2D eigenvalue weighted by Crippen LogP contribution is -2.00. The quantitative estimate of drug-likeness (QED) is 0.158. The molecule has 180 valence electrons. The van der Waals surface area contributed by atoms with Gasteiger partial charge in [0.15, 0.2) is 0 Å². The third kappa shape index (κ3) is 5.15. The van der Waals surface area contributed by atoms with Crippen LogP contribution in [-0.4, -0.2) is 48.4 Å². The fraction of sp³-hybridized carbons (Fsp3) is 0.200. The maximum Gasteiger partial charge on any atom is 0.278 e. The predicted octanol–water partition coefficient (Wildman–Crippen LogP) is 6.09. The van der Waals surface area contributed by atoms with Crippen LogP contribution in [0.1, 0.15) is 0 Å². The number of ether oxygens (including phenoxy) is 4. The van der Waals surface area contributed by atoms with Crippen molar-refractivity contribution in [3.63, 3.8) is 0 Å². The average molecular weight is 659 g/mol. The molecule has 2 N–H and O–H groups in total. The summed E-state index contributed by atoms with van der Waals surface area (Å²) in [6.07, 6.45) is 0. The van der Waals surface area contributed by atoms with E-state index in [1.807, 2.05) is 0 Å². The van der Waals surface area contributed by atoms with Gasteiger partial charge >= 0.3 is 0 Å². The second-order valence-corrected chi connectivity index (χ2v) is 8.94. The van der Waals surface area contributed by atoms with E-state index in [1.165, 1.54) is 28.4 Å². The standard InChI is InChI=1S/C10H7Cl2IN2O2.C10H9Cl2N3O2/c2*1-16-9-10(17-2)15-8-5(14-9)3-4(11)6(12)7(8)13/h3H,1-2H3;3H,13H2,1-2H3. The van der Waals surface area contributed by atoms with Crippen LogP contribution in [-0.2, 0) is 0 Å². The van der Waals surface area contributed by atoms with Gasteiger partial charge in [-0.2, -0.15) is 0 Å². The molecule has 0 aliphatic rings. The van der Waals surface area contributed by atoms with E-state index in [9.17, 15) is 0 Å². The first-order chi connectivity index (χ1) is 16.2. The Labute approximate surface area is 227 Å². The Kier molecular flexibility index (Phi) is 8.74. The van der Waals surface area contributed by atoms with Crippen LogP contribution in [0.3, 0.4) is 0 Å². The molecule has 0 saturated heterocycles. The summed E-state index contributed by atoms with van der Waals surface area (Å²) >= 11 is 25.9. The highest BCUT2D eigenvalue weighted by molar-refractivity contribution is 14.1. The fourth-order valence-corrected chi connectivity index (χ4v) is 4.27. The second-order valence-electron chi connectivity index (χ2n) is 6.29. The smallest absolute Gasteiger partial charge is 0.278 e. The van der Waals surface area contributed by atoms with Crippen LogP contribution in [0.2, 0.25) is 20.1 Å². The summed E-state index contributed by atoms with van der Waals surface area (Å²) in [5.74, 6) is 1.13. The van der Waals surface area contributed by atoms with Gasteiger partial charge in [0, 0.05) is 0 Å². The van der Waals surface area contributed by atoms with Crippen molar-refractivity contribution in [2.24, 2.45) is 0 Å². The van der Waals surface area contributed by atoms with Crippen LogP contribution in [0.4, 0.5) is 5.69 Å². The van der Waals surface area contributed by atoms with Crippen LogP contribution < -0.4 is 24.7 Å². The number of fused-ring (bicyclic) bond motifs is 2. The molecular formula is C20H16Cl4IN5O4. The largest absolute Gasteiger partial charge is 0.477 e. The van der Waals surface area contributed by atoms with E-state index < -0.39 is 0 Å². The highest BCUT2D eigenvalue weighted by atomic mass is 127. The minimum Gasteiger partial charge on any atom is -0.477 e. The van der Waals surface area contributed by atoms with Crippen LogP contribution >= 0.6 is 69.0 Å². The molecule has 0 amide bonds. The van der Waals surface area contributed by atoms with E-state index in [0.29, 0.717) is 48.9 Å². The molecule has 2 aromatic carbocycles. The number of nitrogen functional groups attached to an aromatic ring is 1. The highest BCUT2D eigenvalue weighted by Crippen LogP contribution is 2.37. The Morgan fingerprint density at radius 2 is 1.03 bits per heavy atom. The maximum atomic E-state index is 6.05. The summed E-state index contributed by atoms with van der Waals surface area (Å²) in [6, 6.07) is 3.22. The first kappa shape index (κ1) is 26.6. The van der Waals surface area contributed by atoms with E-state index in [2.05, 4.69) is 42.5 Å². The van der Waals surface area contributed by atoms with Crippen LogP contribution in [0.15, 0.2) is 12.1 Å². The number of hydrogen-bond acceptors (Lipinski definition) is 9. The van der Waals surface area contributed by atoms with Gasteiger partial charge in [-0.1, -0.05) is 46.4 Å². The molecule has 0 atom stereocenters. The summed E-state index contributed by atoms with van der Waals surface area (Å²) in [4.78, 5) is 17.0. The van der Waals surface area contributed by atoms with Gasteiger partial charge in [-0.05, 0) is 34.7 Å². The number of hydrogen-bond donors (Lipinski definition) is 1. The molecule has 14 heteroatoms. The first-order valence-corrected chi connectivity index (χ1v) is 11.7. The number of nitrogens with two attached hydrogens (primary N) is 1. The fourth-order valence-electron chi connectivity index (χ4n) is 2.73. The molecular weight excluding hydrogens is 643 g/mol. The lowest BCUT2D eigenvalue weighted by molar-refractivity contribution is 0.334. The molecule has 0 fully saturated rings. The molecule has 2 aromatic heterocycles. The van der Waals surface area contributed by atoms with Crippen molar-refractivity contribution in [3.8, 4) is 23.5 Å². The van der Waals surface area contributed by atoms with E-state index in [-0.39, 0.29) is 22.5 Å². The molecule has 34 heavy (non-hydrogen) atoms. The number of methoxy groups -OCH3 is 4. The average Bonchev–Trinajstić information content (AvgIpc) is 2.85. The van der Waals surface area contributed by atoms with Crippen molar-refractivity contribution in [1.82, 2.24) is 19.9 Å². The van der Waals surface area contributed by atoms with Crippen molar-refractivity contribution in [3.05, 3.63) is 35.8 Å². The Morgan fingerprint density at radius 3 is 1.50 bits per heavy atom. The second kappa shape index (κ2) is 11.2. The monoisotopic (exact) mass is 657 g/mol. The minimum absolute atomic E-state index is 0.241. The van der Waals surface area contributed by atoms with E-state index in [0.717, 1.165) is 3.57 Å². The number of nitrogens with zero attached hydrogens (tertiary/aromatic N) is 4. The summed E-state index contributed by atoms with van der Waals surface area (Å²) < 4.78 is 21.0. The molecule has 0 aliphatic carbocycles. The molecule has 0 unspecified atom stereocenters. The zero-order chi connectivity index (χ0) is 25.2. The van der Waals surface area contributed by atoms with E-state index >= 15 is 0 Å². The maximum absolute atomic E-state index is 6.05. The number of halogens is 5. The van der Waals surface area contributed by atoms with Gasteiger partial charge in [0.05, 0.1) is 68.8 Å². The Hall–Kier alpha value is -1.99. The van der Waals surface area contributed by atoms with Crippen molar-refractivity contribution in [2.75, 3.05) is 34.2 Å². The van der Waals surface area contributed by atoms with Gasteiger partial charge in [-0.25, -0.2) is 19.9 Å². The number of anilines is 1. The summed E-state index contributed by atoms with van der Waals surface area (Å²) in [6.45, 7) is 0. The molecule has 9 nitrogen and oxygen atoms in total. The Morgan fingerprint density at radius 1 is 0.647 bits per heavy atom. The van der Waals surface area contributed by atoms with Gasteiger partial charge < -0.3 is 24.7 Å². The molecule has 4 aromatic rings. The molecule has 0 bridgehead atoms. The molecule has 0 radical (unpaired) electrons. The zero-order valence-electron chi connectivity index (χ0n) is 18.0. The minimum atomic E-state index is 0.241. The van der Waals surface area contributed by atoms with Gasteiger partial charge in [0.25, 0.3) is 23.5 Å². The van der Waals surface area contributed by atoms with Gasteiger partial charge in [-0.15, -0.1) is 0 Å².